The molecule has 1 rings (SSSR count). The Labute approximate surface area is 74.7 Å². The van der Waals surface area contributed by atoms with Gasteiger partial charge in [-0.25, -0.2) is 4.79 Å². The lowest BCUT2D eigenvalue weighted by atomic mass is 10.3. The summed E-state index contributed by atoms with van der Waals surface area (Å²) in [6, 6.07) is 2.75. The first-order valence-corrected chi connectivity index (χ1v) is 3.70. The lowest BCUT2D eigenvalue weighted by Gasteiger charge is -2.00. The van der Waals surface area contributed by atoms with Gasteiger partial charge in [0.2, 0.25) is 0 Å². The molecule has 0 bridgehead atoms. The molecule has 1 aromatic rings. The molecule has 0 saturated carbocycles. The molecule has 0 unspecified atom stereocenters. The van der Waals surface area contributed by atoms with Crippen LogP contribution in [0.5, 0.6) is 0 Å². The molecule has 0 aromatic carbocycles. The lowest BCUT2D eigenvalue weighted by Crippen LogP contribution is -2.28. The zero-order chi connectivity index (χ0) is 8.97. The molecule has 0 fully saturated rings. The summed E-state index contributed by atoms with van der Waals surface area (Å²) in [5.41, 5.74) is 5.55. The van der Waals surface area contributed by atoms with Gasteiger partial charge in [-0.1, -0.05) is 11.6 Å². The standard InChI is InChI=1S/C7H8ClN3O/c8-5-1-2-10-6(3-5)4-11-7(9)12/h1-3H,4H2,(H3,9,11,12). The van der Waals surface area contributed by atoms with Crippen LogP contribution in [0.3, 0.4) is 0 Å². The molecule has 0 atom stereocenters. The highest BCUT2D eigenvalue weighted by Gasteiger charge is 1.96. The van der Waals surface area contributed by atoms with E-state index in [2.05, 4.69) is 10.3 Å². The minimum atomic E-state index is -0.572. The van der Waals surface area contributed by atoms with E-state index in [1.54, 1.807) is 18.3 Å². The van der Waals surface area contributed by atoms with E-state index in [0.29, 0.717) is 17.3 Å². The number of hydrogen-bond acceptors (Lipinski definition) is 2. The average molecular weight is 186 g/mol. The molecule has 1 aromatic heterocycles. The van der Waals surface area contributed by atoms with Crippen molar-refractivity contribution in [2.24, 2.45) is 5.73 Å². The van der Waals surface area contributed by atoms with Gasteiger partial charge in [0.1, 0.15) is 0 Å². The Balaban J connectivity index is 2.57. The van der Waals surface area contributed by atoms with E-state index in [1.807, 2.05) is 0 Å². The van der Waals surface area contributed by atoms with Crippen LogP contribution in [0.25, 0.3) is 0 Å². The molecule has 1 heterocycles. The molecule has 5 heteroatoms. The quantitative estimate of drug-likeness (QED) is 0.719. The van der Waals surface area contributed by atoms with Crippen molar-refractivity contribution < 1.29 is 4.79 Å². The number of rotatable bonds is 2. The number of amides is 2. The molecule has 3 N–H and O–H groups in total. The van der Waals surface area contributed by atoms with Crippen LogP contribution >= 0.6 is 11.6 Å². The Kier molecular flexibility index (Phi) is 2.88. The van der Waals surface area contributed by atoms with Gasteiger partial charge >= 0.3 is 6.03 Å². The van der Waals surface area contributed by atoms with E-state index < -0.39 is 6.03 Å². The summed E-state index contributed by atoms with van der Waals surface area (Å²) < 4.78 is 0. The number of hydrogen-bond donors (Lipinski definition) is 2. The van der Waals surface area contributed by atoms with E-state index in [4.69, 9.17) is 17.3 Å². The fraction of sp³-hybridized carbons (Fsp3) is 0.143. The van der Waals surface area contributed by atoms with Gasteiger partial charge in [-0.3, -0.25) is 4.98 Å². The Hall–Kier alpha value is -1.29. The summed E-state index contributed by atoms with van der Waals surface area (Å²) in [4.78, 5) is 14.3. The molecule has 0 aliphatic rings. The molecule has 4 nitrogen and oxygen atoms in total. The summed E-state index contributed by atoms with van der Waals surface area (Å²) in [5, 5.41) is 3.00. The minimum absolute atomic E-state index is 0.301. The van der Waals surface area contributed by atoms with Crippen molar-refractivity contribution in [3.05, 3.63) is 29.0 Å². The molecule has 0 aliphatic heterocycles. The Morgan fingerprint density at radius 2 is 2.50 bits per heavy atom. The maximum atomic E-state index is 10.3. The number of pyridine rings is 1. The number of nitrogens with one attached hydrogen (secondary N) is 1. The maximum absolute atomic E-state index is 10.3. The molecule has 64 valence electrons. The van der Waals surface area contributed by atoms with Crippen molar-refractivity contribution >= 4 is 17.6 Å². The molecule has 0 spiro atoms. The van der Waals surface area contributed by atoms with Crippen LogP contribution in [-0.4, -0.2) is 11.0 Å². The molecular formula is C7H8ClN3O. The van der Waals surface area contributed by atoms with Crippen molar-refractivity contribution in [1.29, 1.82) is 0 Å². The van der Waals surface area contributed by atoms with Gasteiger partial charge in [0, 0.05) is 11.2 Å². The lowest BCUT2D eigenvalue weighted by molar-refractivity contribution is 0.248. The number of urea groups is 1. The smallest absolute Gasteiger partial charge is 0.312 e. The van der Waals surface area contributed by atoms with Gasteiger partial charge in [0.15, 0.2) is 0 Å². The first kappa shape index (κ1) is 8.80. The fourth-order valence-corrected chi connectivity index (χ4v) is 0.905. The number of halogens is 1. The molecule has 2 amide bonds. The number of primary amides is 1. The maximum Gasteiger partial charge on any atom is 0.312 e. The van der Waals surface area contributed by atoms with Crippen molar-refractivity contribution in [2.75, 3.05) is 0 Å². The number of nitrogens with two attached hydrogens (primary N) is 1. The first-order valence-electron chi connectivity index (χ1n) is 3.32. The number of aromatic nitrogens is 1. The summed E-state index contributed by atoms with van der Waals surface area (Å²) >= 11 is 5.68. The van der Waals surface area contributed by atoms with Gasteiger partial charge in [0.05, 0.1) is 12.2 Å². The predicted molar refractivity (Wildman–Crippen MR) is 45.7 cm³/mol. The van der Waals surface area contributed by atoms with Gasteiger partial charge in [-0.2, -0.15) is 0 Å². The average Bonchev–Trinajstić information content (AvgIpc) is 2.01. The normalized spacial score (nSPS) is 9.42. The number of carbonyl (C=O) groups is 1. The third-order valence-corrected chi connectivity index (χ3v) is 1.46. The van der Waals surface area contributed by atoms with Crippen LogP contribution in [0.2, 0.25) is 5.02 Å². The first-order chi connectivity index (χ1) is 5.68. The van der Waals surface area contributed by atoms with Crippen molar-refractivity contribution in [3.8, 4) is 0 Å². The highest BCUT2D eigenvalue weighted by Crippen LogP contribution is 2.07. The van der Waals surface area contributed by atoms with E-state index >= 15 is 0 Å². The van der Waals surface area contributed by atoms with Gasteiger partial charge in [0.25, 0.3) is 0 Å². The second-order valence-electron chi connectivity index (χ2n) is 2.18. The third-order valence-electron chi connectivity index (χ3n) is 1.22. The van der Waals surface area contributed by atoms with Crippen LogP contribution in [-0.2, 0) is 6.54 Å². The summed E-state index contributed by atoms with van der Waals surface area (Å²) in [7, 11) is 0. The van der Waals surface area contributed by atoms with Crippen LogP contribution in [0, 0.1) is 0 Å². The van der Waals surface area contributed by atoms with E-state index in [0.717, 1.165) is 0 Å². The monoisotopic (exact) mass is 185 g/mol. The van der Waals surface area contributed by atoms with E-state index in [-0.39, 0.29) is 0 Å². The zero-order valence-corrected chi connectivity index (χ0v) is 7.01. The van der Waals surface area contributed by atoms with E-state index in [1.165, 1.54) is 0 Å². The molecule has 0 radical (unpaired) electrons. The molecule has 0 aliphatic carbocycles. The highest BCUT2D eigenvalue weighted by atomic mass is 35.5. The predicted octanol–water partition coefficient (Wildman–Crippen LogP) is 0.903. The van der Waals surface area contributed by atoms with Gasteiger partial charge in [-0.05, 0) is 12.1 Å². The van der Waals surface area contributed by atoms with Crippen LogP contribution in [0.4, 0.5) is 4.79 Å². The Morgan fingerprint density at radius 3 is 3.08 bits per heavy atom. The van der Waals surface area contributed by atoms with Crippen molar-refractivity contribution in [1.82, 2.24) is 10.3 Å². The van der Waals surface area contributed by atoms with Crippen molar-refractivity contribution in [3.63, 3.8) is 0 Å². The second kappa shape index (κ2) is 3.92. The topological polar surface area (TPSA) is 68.0 Å². The third kappa shape index (κ3) is 2.75. The highest BCUT2D eigenvalue weighted by molar-refractivity contribution is 6.30. The molecule has 0 saturated heterocycles. The van der Waals surface area contributed by atoms with Gasteiger partial charge in [-0.15, -0.1) is 0 Å². The summed E-state index contributed by atoms with van der Waals surface area (Å²) in [6.45, 7) is 0.301. The van der Waals surface area contributed by atoms with Crippen LogP contribution < -0.4 is 11.1 Å². The summed E-state index contributed by atoms with van der Waals surface area (Å²) in [5.74, 6) is 0. The summed E-state index contributed by atoms with van der Waals surface area (Å²) in [6.07, 6.45) is 1.57. The SMILES string of the molecule is NC(=O)NCc1cc(Cl)ccn1. The van der Waals surface area contributed by atoms with Gasteiger partial charge < -0.3 is 11.1 Å². The molecule has 12 heavy (non-hydrogen) atoms. The number of carbonyl (C=O) groups excluding carboxylic acids is 1. The fourth-order valence-electron chi connectivity index (χ4n) is 0.723. The van der Waals surface area contributed by atoms with Crippen molar-refractivity contribution in [2.45, 2.75) is 6.54 Å². The van der Waals surface area contributed by atoms with Crippen LogP contribution in [0.1, 0.15) is 5.69 Å². The Bertz CT molecular complexity index is 290. The van der Waals surface area contributed by atoms with E-state index in [9.17, 15) is 4.79 Å². The second-order valence-corrected chi connectivity index (χ2v) is 2.62. The van der Waals surface area contributed by atoms with Crippen LogP contribution in [0.15, 0.2) is 18.3 Å². The molecular weight excluding hydrogens is 178 g/mol. The zero-order valence-electron chi connectivity index (χ0n) is 6.25. The Morgan fingerprint density at radius 1 is 1.75 bits per heavy atom. The minimum Gasteiger partial charge on any atom is -0.352 e. The number of nitrogens with zero attached hydrogens (tertiary/aromatic N) is 1. The largest absolute Gasteiger partial charge is 0.352 e.